The number of aliphatic hydroxyl groups is 1. The predicted molar refractivity (Wildman–Crippen MR) is 110 cm³/mol. The van der Waals surface area contributed by atoms with Crippen LogP contribution in [0.25, 0.3) is 0 Å². The minimum absolute atomic E-state index is 0.00986. The Hall–Kier alpha value is -4.02. The van der Waals surface area contributed by atoms with Gasteiger partial charge in [0, 0.05) is 18.7 Å². The molecule has 0 spiro atoms. The molecule has 0 aliphatic carbocycles. The van der Waals surface area contributed by atoms with Gasteiger partial charge in [0.1, 0.15) is 23.3 Å². The van der Waals surface area contributed by atoms with E-state index < -0.39 is 40.9 Å². The molecule has 2 aliphatic heterocycles. The fourth-order valence-electron chi connectivity index (χ4n) is 3.80. The van der Waals surface area contributed by atoms with Crippen LogP contribution in [0.15, 0.2) is 46.1 Å². The standard InChI is InChI=1S/C22H22N4O6/c1-5-25-17(27)14(12(3)15(10-23)18(25)28)8-7-9-22(21(31)32)13(4)16(11-24)19(29)26(6-2)20(22)30/h7-9,20,30H,5-6H2,1-4H3,(H,31,32)/t20-,22?/m1/s1. The van der Waals surface area contributed by atoms with Crippen LogP contribution in [0.4, 0.5) is 0 Å². The largest absolute Gasteiger partial charge is 0.480 e. The van der Waals surface area contributed by atoms with Gasteiger partial charge in [-0.2, -0.15) is 10.5 Å². The van der Waals surface area contributed by atoms with Crippen molar-refractivity contribution in [3.05, 3.63) is 46.1 Å². The van der Waals surface area contributed by atoms with Gasteiger partial charge in [0.2, 0.25) is 0 Å². The molecule has 2 heterocycles. The van der Waals surface area contributed by atoms with Crippen LogP contribution in [0.2, 0.25) is 0 Å². The Morgan fingerprint density at radius 2 is 1.66 bits per heavy atom. The van der Waals surface area contributed by atoms with E-state index in [0.29, 0.717) is 0 Å². The number of allylic oxidation sites excluding steroid dienone is 2. The molecule has 0 fully saturated rings. The van der Waals surface area contributed by atoms with E-state index in [9.17, 15) is 39.9 Å². The van der Waals surface area contributed by atoms with Gasteiger partial charge >= 0.3 is 5.97 Å². The number of imide groups is 1. The topological polar surface area (TPSA) is 163 Å². The van der Waals surface area contributed by atoms with Gasteiger partial charge in [0.25, 0.3) is 17.7 Å². The van der Waals surface area contributed by atoms with Gasteiger partial charge < -0.3 is 15.1 Å². The number of aliphatic hydroxyl groups excluding tert-OH is 1. The number of nitriles is 2. The number of amides is 3. The van der Waals surface area contributed by atoms with Crippen LogP contribution >= 0.6 is 0 Å². The minimum atomic E-state index is -2.14. The smallest absolute Gasteiger partial charge is 0.322 e. The highest BCUT2D eigenvalue weighted by molar-refractivity contribution is 6.18. The summed E-state index contributed by atoms with van der Waals surface area (Å²) in [5.41, 5.74) is -2.73. The molecule has 0 aromatic carbocycles. The summed E-state index contributed by atoms with van der Waals surface area (Å²) in [6.07, 6.45) is 1.74. The zero-order valence-electron chi connectivity index (χ0n) is 18.0. The molecule has 3 amide bonds. The average Bonchev–Trinajstić information content (AvgIpc) is 2.74. The molecule has 2 rings (SSSR count). The van der Waals surface area contributed by atoms with Crippen molar-refractivity contribution in [1.82, 2.24) is 9.80 Å². The monoisotopic (exact) mass is 438 g/mol. The normalized spacial score (nSPS) is 25.7. The molecule has 2 atom stereocenters. The summed E-state index contributed by atoms with van der Waals surface area (Å²) < 4.78 is 0. The maximum absolute atomic E-state index is 12.7. The summed E-state index contributed by atoms with van der Waals surface area (Å²) in [4.78, 5) is 51.4. The van der Waals surface area contributed by atoms with Gasteiger partial charge in [-0.05, 0) is 44.9 Å². The molecule has 10 nitrogen and oxygen atoms in total. The van der Waals surface area contributed by atoms with Gasteiger partial charge in [-0.25, -0.2) is 0 Å². The fraction of sp³-hybridized carbons (Fsp3) is 0.364. The first-order valence-corrected chi connectivity index (χ1v) is 9.75. The molecule has 2 N–H and O–H groups in total. The molecular weight excluding hydrogens is 416 g/mol. The summed E-state index contributed by atoms with van der Waals surface area (Å²) in [5, 5.41) is 39.5. The van der Waals surface area contributed by atoms with Gasteiger partial charge in [-0.15, -0.1) is 0 Å². The lowest BCUT2D eigenvalue weighted by Crippen LogP contribution is -2.58. The van der Waals surface area contributed by atoms with Crippen molar-refractivity contribution in [2.75, 3.05) is 13.1 Å². The van der Waals surface area contributed by atoms with Crippen LogP contribution in [-0.2, 0) is 19.2 Å². The molecule has 32 heavy (non-hydrogen) atoms. The first-order chi connectivity index (χ1) is 15.0. The van der Waals surface area contributed by atoms with E-state index in [0.717, 1.165) is 15.9 Å². The Bertz CT molecular complexity index is 1110. The molecule has 2 aliphatic rings. The van der Waals surface area contributed by atoms with Crippen molar-refractivity contribution >= 4 is 23.7 Å². The van der Waals surface area contributed by atoms with E-state index >= 15 is 0 Å². The SMILES string of the molecule is CCN1C(=O)C(=CC=CC2(C(=O)O)C(C)=C(C#N)C(=O)N(CC)[C@@H]2O)C(C)=C(C#N)C1=O. The van der Waals surface area contributed by atoms with Crippen LogP contribution in [-0.4, -0.2) is 63.0 Å². The quantitative estimate of drug-likeness (QED) is 0.470. The second kappa shape index (κ2) is 9.00. The first-order valence-electron chi connectivity index (χ1n) is 9.75. The van der Waals surface area contributed by atoms with Gasteiger partial charge in [0.15, 0.2) is 11.6 Å². The Balaban J connectivity index is 2.71. The van der Waals surface area contributed by atoms with Crippen molar-refractivity contribution in [2.24, 2.45) is 5.41 Å². The van der Waals surface area contributed by atoms with Crippen molar-refractivity contribution in [3.63, 3.8) is 0 Å². The molecule has 0 saturated carbocycles. The molecule has 10 heteroatoms. The van der Waals surface area contributed by atoms with Crippen molar-refractivity contribution < 1.29 is 29.4 Å². The predicted octanol–water partition coefficient (Wildman–Crippen LogP) is 0.789. The zero-order valence-corrected chi connectivity index (χ0v) is 18.0. The van der Waals surface area contributed by atoms with Crippen LogP contribution in [0.5, 0.6) is 0 Å². The van der Waals surface area contributed by atoms with Crippen molar-refractivity contribution in [2.45, 2.75) is 33.9 Å². The van der Waals surface area contributed by atoms with Crippen LogP contribution in [0.1, 0.15) is 27.7 Å². The zero-order chi connectivity index (χ0) is 24.4. The number of aliphatic carboxylic acids is 1. The Morgan fingerprint density at radius 1 is 1.06 bits per heavy atom. The van der Waals surface area contributed by atoms with E-state index in [-0.39, 0.29) is 35.4 Å². The van der Waals surface area contributed by atoms with Gasteiger partial charge in [0.05, 0.1) is 0 Å². The number of likely N-dealkylation sites (N-methyl/N-ethyl adjacent to an activating group) is 2. The number of carboxylic acid groups (broad SMARTS) is 1. The lowest BCUT2D eigenvalue weighted by Gasteiger charge is -2.42. The maximum Gasteiger partial charge on any atom is 0.322 e. The van der Waals surface area contributed by atoms with E-state index in [4.69, 9.17) is 0 Å². The fourth-order valence-corrected chi connectivity index (χ4v) is 3.80. The Morgan fingerprint density at radius 3 is 2.12 bits per heavy atom. The van der Waals surface area contributed by atoms with E-state index in [1.54, 1.807) is 19.1 Å². The highest BCUT2D eigenvalue weighted by atomic mass is 16.4. The minimum Gasteiger partial charge on any atom is -0.480 e. The lowest BCUT2D eigenvalue weighted by atomic mass is 9.73. The molecule has 166 valence electrons. The van der Waals surface area contributed by atoms with Crippen molar-refractivity contribution in [1.29, 1.82) is 10.5 Å². The molecule has 0 saturated heterocycles. The Kier molecular flexibility index (Phi) is 6.82. The molecule has 0 radical (unpaired) electrons. The van der Waals surface area contributed by atoms with E-state index in [2.05, 4.69) is 0 Å². The number of hydrogen-bond donors (Lipinski definition) is 2. The number of carbonyl (C=O) groups is 4. The summed E-state index contributed by atoms with van der Waals surface area (Å²) in [7, 11) is 0. The summed E-state index contributed by atoms with van der Waals surface area (Å²) in [6, 6.07) is 3.49. The van der Waals surface area contributed by atoms with Gasteiger partial charge in [-0.1, -0.05) is 12.2 Å². The molecule has 0 aromatic heterocycles. The number of carboxylic acids is 1. The number of carbonyl (C=O) groups excluding carboxylic acids is 3. The lowest BCUT2D eigenvalue weighted by molar-refractivity contribution is -0.164. The molecule has 0 bridgehead atoms. The maximum atomic E-state index is 12.7. The Labute approximate surface area is 184 Å². The number of nitrogens with zero attached hydrogens (tertiary/aromatic N) is 4. The van der Waals surface area contributed by atoms with Crippen LogP contribution < -0.4 is 0 Å². The third kappa shape index (κ3) is 3.41. The van der Waals surface area contributed by atoms with Gasteiger partial charge in [-0.3, -0.25) is 24.1 Å². The molecular formula is C22H22N4O6. The van der Waals surface area contributed by atoms with Crippen molar-refractivity contribution in [3.8, 4) is 12.1 Å². The van der Waals surface area contributed by atoms with Crippen LogP contribution in [0, 0.1) is 28.1 Å². The third-order valence-electron chi connectivity index (χ3n) is 5.74. The number of hydrogen-bond acceptors (Lipinski definition) is 7. The van der Waals surface area contributed by atoms with Crippen LogP contribution in [0.3, 0.4) is 0 Å². The highest BCUT2D eigenvalue weighted by Crippen LogP contribution is 2.41. The summed E-state index contributed by atoms with van der Waals surface area (Å²) >= 11 is 0. The average molecular weight is 438 g/mol. The number of rotatable bonds is 5. The summed E-state index contributed by atoms with van der Waals surface area (Å²) in [5.74, 6) is -3.64. The van der Waals surface area contributed by atoms with E-state index in [1.807, 2.05) is 0 Å². The highest BCUT2D eigenvalue weighted by Gasteiger charge is 2.54. The summed E-state index contributed by atoms with van der Waals surface area (Å²) in [6.45, 7) is 5.81. The molecule has 0 aromatic rings. The third-order valence-corrected chi connectivity index (χ3v) is 5.74. The van der Waals surface area contributed by atoms with E-state index in [1.165, 1.54) is 32.9 Å². The molecule has 1 unspecified atom stereocenters. The second-order valence-corrected chi connectivity index (χ2v) is 7.16. The first kappa shape index (κ1) is 24.3. The second-order valence-electron chi connectivity index (χ2n) is 7.16.